The molecule has 0 saturated heterocycles. The fourth-order valence-electron chi connectivity index (χ4n) is 1.12. The molecule has 0 spiro atoms. The Bertz CT molecular complexity index is 208. The summed E-state index contributed by atoms with van der Waals surface area (Å²) in [6.07, 6.45) is 0. The Morgan fingerprint density at radius 2 is 1.50 bits per heavy atom. The monoisotopic (exact) mass is 148 g/mol. The minimum Gasteiger partial charge on any atom is -0.0688 e. The van der Waals surface area contributed by atoms with Gasteiger partial charge < -0.3 is 0 Å². The summed E-state index contributed by atoms with van der Waals surface area (Å²) < 4.78 is 0. The molecule has 0 aliphatic rings. The van der Waals surface area contributed by atoms with Crippen molar-refractivity contribution in [3.8, 4) is 0 Å². The fourth-order valence-corrected chi connectivity index (χ4v) is 1.86. The molecule has 1 heteroatoms. The largest absolute Gasteiger partial charge is 0.0773 e. The van der Waals surface area contributed by atoms with E-state index >= 15 is 0 Å². The Balaban J connectivity index is 3.06. The van der Waals surface area contributed by atoms with Gasteiger partial charge in [-0.05, 0) is 13.8 Å². The second-order valence-corrected chi connectivity index (χ2v) is 3.70. The van der Waals surface area contributed by atoms with E-state index in [9.17, 15) is 0 Å². The van der Waals surface area contributed by atoms with Gasteiger partial charge in [0.1, 0.15) is 0 Å². The molecule has 1 rings (SSSR count). The van der Waals surface area contributed by atoms with Gasteiger partial charge in [0.15, 0.2) is 0 Å². The predicted octanol–water partition coefficient (Wildman–Crippen LogP) is 1.68. The zero-order chi connectivity index (χ0) is 7.56. The van der Waals surface area contributed by atoms with Gasteiger partial charge in [-0.2, -0.15) is 0 Å². The number of hydrogen-bond acceptors (Lipinski definition) is 0. The highest BCUT2D eigenvalue weighted by Gasteiger charge is 1.91. The Kier molecular flexibility index (Phi) is 2.28. The van der Waals surface area contributed by atoms with Crippen LogP contribution in [0.5, 0.6) is 0 Å². The summed E-state index contributed by atoms with van der Waals surface area (Å²) in [5.41, 5.74) is 2.76. The summed E-state index contributed by atoms with van der Waals surface area (Å²) in [6, 6.07) is 6.72. The van der Waals surface area contributed by atoms with Crippen LogP contribution >= 0.6 is 0 Å². The third kappa shape index (κ3) is 1.71. The lowest BCUT2D eigenvalue weighted by Gasteiger charge is -1.99. The molecule has 52 valence electrons. The van der Waals surface area contributed by atoms with Crippen LogP contribution in [0.3, 0.4) is 0 Å². The highest BCUT2D eigenvalue weighted by molar-refractivity contribution is 6.51. The van der Waals surface area contributed by atoms with Crippen molar-refractivity contribution in [2.24, 2.45) is 0 Å². The van der Waals surface area contributed by atoms with Gasteiger partial charge in [-0.1, -0.05) is 41.1 Å². The average Bonchev–Trinajstić information content (AvgIpc) is 1.85. The maximum Gasteiger partial charge on any atom is 0.0773 e. The molecule has 0 aliphatic heterocycles. The van der Waals surface area contributed by atoms with Gasteiger partial charge >= 0.3 is 0 Å². The first-order valence-corrected chi connectivity index (χ1v) is 4.98. The molecule has 0 unspecified atom stereocenters. The van der Waals surface area contributed by atoms with E-state index in [4.69, 9.17) is 0 Å². The summed E-state index contributed by atoms with van der Waals surface area (Å²) in [5.74, 6) is 0. The Morgan fingerprint density at radius 1 is 1.00 bits per heavy atom. The SMILES string of the molecule is C[Si]c1cc(C)cc(C)c1. The van der Waals surface area contributed by atoms with Crippen molar-refractivity contribution < 1.29 is 0 Å². The molecule has 0 fully saturated rings. The van der Waals surface area contributed by atoms with Crippen molar-refractivity contribution in [1.29, 1.82) is 0 Å². The number of hydrogen-bond donors (Lipinski definition) is 0. The van der Waals surface area contributed by atoms with E-state index in [-0.39, 0.29) is 0 Å². The molecular weight excluding hydrogens is 136 g/mol. The van der Waals surface area contributed by atoms with Crippen LogP contribution in [-0.2, 0) is 0 Å². The highest BCUT2D eigenvalue weighted by Crippen LogP contribution is 1.98. The minimum atomic E-state index is 0.923. The first kappa shape index (κ1) is 7.54. The third-order valence-electron chi connectivity index (χ3n) is 1.51. The van der Waals surface area contributed by atoms with Gasteiger partial charge in [-0.3, -0.25) is 0 Å². The van der Waals surface area contributed by atoms with Crippen LogP contribution < -0.4 is 5.19 Å². The Labute approximate surface area is 65.1 Å². The first-order valence-electron chi connectivity index (χ1n) is 3.48. The molecule has 1 aromatic rings. The second-order valence-electron chi connectivity index (χ2n) is 2.63. The van der Waals surface area contributed by atoms with E-state index in [2.05, 4.69) is 38.6 Å². The summed E-state index contributed by atoms with van der Waals surface area (Å²) in [7, 11) is 0.923. The quantitative estimate of drug-likeness (QED) is 0.532. The Morgan fingerprint density at radius 3 is 1.90 bits per heavy atom. The summed E-state index contributed by atoms with van der Waals surface area (Å²) in [5, 5.41) is 1.47. The molecule has 2 radical (unpaired) electrons. The number of aryl methyl sites for hydroxylation is 2. The van der Waals surface area contributed by atoms with E-state index < -0.39 is 0 Å². The lowest BCUT2D eigenvalue weighted by Crippen LogP contribution is -2.10. The van der Waals surface area contributed by atoms with Crippen LogP contribution in [0.1, 0.15) is 11.1 Å². The summed E-state index contributed by atoms with van der Waals surface area (Å²) >= 11 is 0. The van der Waals surface area contributed by atoms with Gasteiger partial charge in [0.25, 0.3) is 0 Å². The Hall–Kier alpha value is -0.563. The zero-order valence-corrected chi connectivity index (χ0v) is 7.73. The van der Waals surface area contributed by atoms with Crippen molar-refractivity contribution in [1.82, 2.24) is 0 Å². The molecule has 0 atom stereocenters. The van der Waals surface area contributed by atoms with Gasteiger partial charge in [0.05, 0.1) is 9.52 Å². The van der Waals surface area contributed by atoms with Crippen molar-refractivity contribution in [2.45, 2.75) is 20.4 Å². The molecule has 0 aromatic heterocycles. The second kappa shape index (κ2) is 3.02. The zero-order valence-electron chi connectivity index (χ0n) is 6.73. The third-order valence-corrected chi connectivity index (χ3v) is 2.38. The van der Waals surface area contributed by atoms with E-state index in [1.54, 1.807) is 0 Å². The van der Waals surface area contributed by atoms with Crippen molar-refractivity contribution in [2.75, 3.05) is 0 Å². The molecule has 10 heavy (non-hydrogen) atoms. The molecule has 0 saturated carbocycles. The van der Waals surface area contributed by atoms with Crippen LogP contribution in [0.25, 0.3) is 0 Å². The molecule has 0 heterocycles. The summed E-state index contributed by atoms with van der Waals surface area (Å²) in [4.78, 5) is 0. The molecule has 0 aliphatic carbocycles. The molecular formula is C9H12Si. The first-order chi connectivity index (χ1) is 4.72. The van der Waals surface area contributed by atoms with Crippen LogP contribution in [-0.4, -0.2) is 9.52 Å². The van der Waals surface area contributed by atoms with Crippen LogP contribution in [0.4, 0.5) is 0 Å². The minimum absolute atomic E-state index is 0.923. The van der Waals surface area contributed by atoms with E-state index in [0.29, 0.717) is 0 Å². The van der Waals surface area contributed by atoms with E-state index in [1.165, 1.54) is 16.3 Å². The average molecular weight is 148 g/mol. The van der Waals surface area contributed by atoms with Crippen LogP contribution in [0.2, 0.25) is 6.55 Å². The topological polar surface area (TPSA) is 0 Å². The predicted molar refractivity (Wildman–Crippen MR) is 47.2 cm³/mol. The van der Waals surface area contributed by atoms with Gasteiger partial charge in [-0.15, -0.1) is 0 Å². The van der Waals surface area contributed by atoms with Gasteiger partial charge in [0, 0.05) is 0 Å². The molecule has 0 amide bonds. The van der Waals surface area contributed by atoms with Crippen molar-refractivity contribution in [3.63, 3.8) is 0 Å². The smallest absolute Gasteiger partial charge is 0.0688 e. The van der Waals surface area contributed by atoms with Crippen LogP contribution in [0.15, 0.2) is 18.2 Å². The maximum atomic E-state index is 2.26. The summed E-state index contributed by atoms with van der Waals surface area (Å²) in [6.45, 7) is 6.52. The number of rotatable bonds is 1. The molecule has 1 aromatic carbocycles. The molecule has 0 bridgehead atoms. The molecule has 0 N–H and O–H groups in total. The lowest BCUT2D eigenvalue weighted by atomic mass is 10.2. The maximum absolute atomic E-state index is 2.26. The van der Waals surface area contributed by atoms with Crippen molar-refractivity contribution >= 4 is 14.7 Å². The standard InChI is InChI=1S/C9H12Si/c1-7-4-8(2)6-9(5-7)10-3/h4-6H,1-3H3. The number of benzene rings is 1. The van der Waals surface area contributed by atoms with Crippen molar-refractivity contribution in [3.05, 3.63) is 29.3 Å². The molecule has 0 nitrogen and oxygen atoms in total. The normalized spacial score (nSPS) is 9.90. The fraction of sp³-hybridized carbons (Fsp3) is 0.333. The van der Waals surface area contributed by atoms with E-state index in [1.807, 2.05) is 0 Å². The van der Waals surface area contributed by atoms with E-state index in [0.717, 1.165) is 9.52 Å². The van der Waals surface area contributed by atoms with Gasteiger partial charge in [0.2, 0.25) is 0 Å². The highest BCUT2D eigenvalue weighted by atomic mass is 28.2. The van der Waals surface area contributed by atoms with Gasteiger partial charge in [-0.25, -0.2) is 0 Å². The lowest BCUT2D eigenvalue weighted by molar-refractivity contribution is 1.40. The van der Waals surface area contributed by atoms with Crippen LogP contribution in [0, 0.1) is 13.8 Å².